The van der Waals surface area contributed by atoms with Gasteiger partial charge in [-0.15, -0.1) is 5.59 Å². The van der Waals surface area contributed by atoms with Crippen LogP contribution in [0.1, 0.15) is 25.7 Å². The van der Waals surface area contributed by atoms with E-state index in [-0.39, 0.29) is 11.8 Å². The Labute approximate surface area is 71.8 Å². The van der Waals surface area contributed by atoms with Gasteiger partial charge in [0, 0.05) is 5.92 Å². The number of hydrogen-bond acceptors (Lipinski definition) is 3. The SMILES string of the molecule is CONN1C(=O)C2CCCC1C2. The fourth-order valence-corrected chi connectivity index (χ4v) is 2.22. The molecule has 1 aliphatic carbocycles. The van der Waals surface area contributed by atoms with Crippen LogP contribution >= 0.6 is 0 Å². The molecule has 4 nitrogen and oxygen atoms in total. The van der Waals surface area contributed by atoms with Crippen LogP contribution in [0.25, 0.3) is 0 Å². The highest BCUT2D eigenvalue weighted by atomic mass is 16.7. The van der Waals surface area contributed by atoms with Crippen LogP contribution in [-0.4, -0.2) is 24.1 Å². The van der Waals surface area contributed by atoms with Crippen LogP contribution in [0.2, 0.25) is 0 Å². The number of nitrogens with zero attached hydrogens (tertiary/aromatic N) is 1. The highest BCUT2D eigenvalue weighted by Gasteiger charge is 2.42. The first kappa shape index (κ1) is 8.01. The van der Waals surface area contributed by atoms with Gasteiger partial charge in [0.15, 0.2) is 0 Å². The van der Waals surface area contributed by atoms with Gasteiger partial charge < -0.3 is 0 Å². The van der Waals surface area contributed by atoms with Crippen molar-refractivity contribution in [3.8, 4) is 0 Å². The van der Waals surface area contributed by atoms with Crippen LogP contribution in [0, 0.1) is 5.92 Å². The van der Waals surface area contributed by atoms with E-state index < -0.39 is 0 Å². The topological polar surface area (TPSA) is 41.6 Å². The number of nitrogens with one attached hydrogen (secondary N) is 1. The Balaban J connectivity index is 2.08. The maximum Gasteiger partial charge on any atom is 0.241 e. The molecule has 1 heterocycles. The lowest BCUT2D eigenvalue weighted by molar-refractivity contribution is -0.148. The van der Waals surface area contributed by atoms with Gasteiger partial charge in [0.2, 0.25) is 5.91 Å². The van der Waals surface area contributed by atoms with Crippen molar-refractivity contribution in [3.63, 3.8) is 0 Å². The van der Waals surface area contributed by atoms with Crippen molar-refractivity contribution in [1.82, 2.24) is 10.6 Å². The molecule has 4 heteroatoms. The van der Waals surface area contributed by atoms with Crippen molar-refractivity contribution in [2.24, 2.45) is 5.92 Å². The summed E-state index contributed by atoms with van der Waals surface area (Å²) in [5.41, 5.74) is 2.65. The van der Waals surface area contributed by atoms with Crippen LogP contribution in [0.5, 0.6) is 0 Å². The zero-order valence-electron chi connectivity index (χ0n) is 7.25. The van der Waals surface area contributed by atoms with Gasteiger partial charge in [-0.3, -0.25) is 14.6 Å². The number of fused-ring (bicyclic) bond motifs is 2. The second-order valence-electron chi connectivity index (χ2n) is 3.52. The Morgan fingerprint density at radius 2 is 2.42 bits per heavy atom. The third-order valence-corrected chi connectivity index (χ3v) is 2.79. The van der Waals surface area contributed by atoms with E-state index in [4.69, 9.17) is 4.84 Å². The molecule has 68 valence electrons. The maximum absolute atomic E-state index is 11.6. The largest absolute Gasteiger partial charge is 0.285 e. The van der Waals surface area contributed by atoms with Crippen LogP contribution in [0.3, 0.4) is 0 Å². The van der Waals surface area contributed by atoms with E-state index in [0.29, 0.717) is 6.04 Å². The lowest BCUT2D eigenvalue weighted by Gasteiger charge is -2.23. The zero-order chi connectivity index (χ0) is 8.55. The molecule has 2 aliphatic rings. The molecule has 1 saturated carbocycles. The Morgan fingerprint density at radius 3 is 3.08 bits per heavy atom. The van der Waals surface area contributed by atoms with Gasteiger partial charge in [-0.1, -0.05) is 6.42 Å². The minimum Gasteiger partial charge on any atom is -0.285 e. The molecule has 1 N–H and O–H groups in total. The quantitative estimate of drug-likeness (QED) is 0.612. The molecule has 2 unspecified atom stereocenters. The van der Waals surface area contributed by atoms with Gasteiger partial charge in [-0.2, -0.15) is 0 Å². The molecule has 2 bridgehead atoms. The van der Waals surface area contributed by atoms with E-state index in [2.05, 4.69) is 5.59 Å². The van der Waals surface area contributed by atoms with E-state index in [9.17, 15) is 4.79 Å². The highest BCUT2D eigenvalue weighted by molar-refractivity contribution is 5.81. The van der Waals surface area contributed by atoms with E-state index in [0.717, 1.165) is 19.3 Å². The van der Waals surface area contributed by atoms with E-state index in [1.165, 1.54) is 13.5 Å². The molecule has 2 atom stereocenters. The van der Waals surface area contributed by atoms with Crippen LogP contribution < -0.4 is 5.59 Å². The molecule has 1 amide bonds. The molecule has 12 heavy (non-hydrogen) atoms. The van der Waals surface area contributed by atoms with Crippen molar-refractivity contribution in [1.29, 1.82) is 0 Å². The Bertz CT molecular complexity index is 195. The molecule has 0 aromatic carbocycles. The summed E-state index contributed by atoms with van der Waals surface area (Å²) in [6.07, 6.45) is 4.34. The van der Waals surface area contributed by atoms with E-state index in [1.807, 2.05) is 0 Å². The Kier molecular flexibility index (Phi) is 2.02. The molecule has 2 rings (SSSR count). The second-order valence-corrected chi connectivity index (χ2v) is 3.52. The van der Waals surface area contributed by atoms with Crippen molar-refractivity contribution in [3.05, 3.63) is 0 Å². The number of carbonyl (C=O) groups excluding carboxylic acids is 1. The standard InChI is InChI=1S/C8H14N2O2/c1-12-9-10-7-4-2-3-6(5-7)8(10)11/h6-7,9H,2-5H2,1H3. The maximum atomic E-state index is 11.6. The molecule has 0 spiro atoms. The summed E-state index contributed by atoms with van der Waals surface area (Å²) in [5, 5.41) is 1.65. The first-order valence-electron chi connectivity index (χ1n) is 4.44. The number of rotatable bonds is 2. The first-order valence-corrected chi connectivity index (χ1v) is 4.44. The van der Waals surface area contributed by atoms with Gasteiger partial charge in [-0.05, 0) is 19.3 Å². The van der Waals surface area contributed by atoms with Gasteiger partial charge in [0.25, 0.3) is 0 Å². The number of hydrogen-bond donors (Lipinski definition) is 1. The van der Waals surface area contributed by atoms with Crippen molar-refractivity contribution < 1.29 is 9.63 Å². The van der Waals surface area contributed by atoms with Crippen LogP contribution in [-0.2, 0) is 9.63 Å². The predicted molar refractivity (Wildman–Crippen MR) is 42.7 cm³/mol. The summed E-state index contributed by atoms with van der Waals surface area (Å²) in [7, 11) is 1.54. The summed E-state index contributed by atoms with van der Waals surface area (Å²) in [6, 6.07) is 0.371. The number of carbonyl (C=O) groups is 1. The van der Waals surface area contributed by atoms with Crippen LogP contribution in [0.15, 0.2) is 0 Å². The minimum absolute atomic E-state index is 0.208. The normalized spacial score (nSPS) is 34.4. The lowest BCUT2D eigenvalue weighted by Crippen LogP contribution is -2.43. The fraction of sp³-hybridized carbons (Fsp3) is 0.875. The van der Waals surface area contributed by atoms with E-state index >= 15 is 0 Å². The Morgan fingerprint density at radius 1 is 1.58 bits per heavy atom. The predicted octanol–water partition coefficient (Wildman–Crippen LogP) is 0.453. The van der Waals surface area contributed by atoms with Gasteiger partial charge in [0.05, 0.1) is 13.2 Å². The number of hydrazine groups is 1. The summed E-state index contributed by atoms with van der Waals surface area (Å²) >= 11 is 0. The van der Waals surface area contributed by atoms with Crippen molar-refractivity contribution in [2.45, 2.75) is 31.7 Å². The average molecular weight is 170 g/mol. The molecular weight excluding hydrogens is 156 g/mol. The van der Waals surface area contributed by atoms with Crippen molar-refractivity contribution >= 4 is 5.91 Å². The summed E-state index contributed by atoms with van der Waals surface area (Å²) in [6.45, 7) is 0. The average Bonchev–Trinajstić information content (AvgIpc) is 2.31. The molecule has 1 aliphatic heterocycles. The first-order chi connectivity index (χ1) is 5.83. The summed E-state index contributed by atoms with van der Waals surface area (Å²) in [5.74, 6) is 0.464. The number of amides is 1. The highest BCUT2D eigenvalue weighted by Crippen LogP contribution is 2.34. The molecule has 1 saturated heterocycles. The van der Waals surface area contributed by atoms with Gasteiger partial charge in [-0.25, -0.2) is 0 Å². The van der Waals surface area contributed by atoms with E-state index in [1.54, 1.807) is 5.01 Å². The van der Waals surface area contributed by atoms with Crippen molar-refractivity contribution in [2.75, 3.05) is 7.11 Å². The van der Waals surface area contributed by atoms with Crippen LogP contribution in [0.4, 0.5) is 0 Å². The summed E-state index contributed by atoms with van der Waals surface area (Å²) < 4.78 is 0. The smallest absolute Gasteiger partial charge is 0.241 e. The molecule has 0 aromatic heterocycles. The third-order valence-electron chi connectivity index (χ3n) is 2.79. The lowest BCUT2D eigenvalue weighted by atomic mass is 9.90. The molecule has 2 fully saturated rings. The summed E-state index contributed by atoms with van der Waals surface area (Å²) in [4.78, 5) is 16.3. The second kappa shape index (κ2) is 3.03. The fourth-order valence-electron chi connectivity index (χ4n) is 2.22. The monoisotopic (exact) mass is 170 g/mol. The van der Waals surface area contributed by atoms with Gasteiger partial charge >= 0.3 is 0 Å². The third kappa shape index (κ3) is 1.11. The molecule has 0 radical (unpaired) electrons. The molecular formula is C8H14N2O2. The minimum atomic E-state index is 0.208. The zero-order valence-corrected chi connectivity index (χ0v) is 7.25. The van der Waals surface area contributed by atoms with Gasteiger partial charge in [0.1, 0.15) is 0 Å². The Hall–Kier alpha value is -0.610. The molecule has 0 aromatic rings.